The van der Waals surface area contributed by atoms with Crippen molar-refractivity contribution in [3.63, 3.8) is 0 Å². The molecule has 1 unspecified atom stereocenters. The van der Waals surface area contributed by atoms with Gasteiger partial charge in [0.05, 0.1) is 45.9 Å². The van der Waals surface area contributed by atoms with Gasteiger partial charge in [-0.05, 0) is 31.2 Å². The fourth-order valence-corrected chi connectivity index (χ4v) is 3.39. The number of nitrogens with one attached hydrogen (secondary N) is 2. The Morgan fingerprint density at radius 2 is 1.60 bits per heavy atom. The lowest BCUT2D eigenvalue weighted by Gasteiger charge is -2.16. The summed E-state index contributed by atoms with van der Waals surface area (Å²) in [5.74, 6) is 3.08. The summed E-state index contributed by atoms with van der Waals surface area (Å²) >= 11 is 0. The third-order valence-corrected chi connectivity index (χ3v) is 4.76. The third kappa shape index (κ3) is 4.65. The molecule has 30 heavy (non-hydrogen) atoms. The van der Waals surface area contributed by atoms with Crippen LogP contribution in [0.5, 0.6) is 23.0 Å². The van der Waals surface area contributed by atoms with Gasteiger partial charge in [-0.3, -0.25) is 4.79 Å². The summed E-state index contributed by atoms with van der Waals surface area (Å²) in [7, 11) is 6.77. The predicted octanol–water partition coefficient (Wildman–Crippen LogP) is 1.56. The molecular weight excluding hydrogens is 386 g/mol. The van der Waals surface area contributed by atoms with E-state index >= 15 is 0 Å². The molecule has 1 aromatic heterocycles. The number of fused-ring (bicyclic) bond motifs is 1. The lowest BCUT2D eigenvalue weighted by Crippen LogP contribution is -3.06. The van der Waals surface area contributed by atoms with E-state index in [4.69, 9.17) is 18.9 Å². The molecule has 8 nitrogen and oxygen atoms in total. The first kappa shape index (κ1) is 21.4. The van der Waals surface area contributed by atoms with Crippen LogP contribution in [-0.2, 0) is 13.1 Å². The second-order valence-electron chi connectivity index (χ2n) is 6.97. The number of hydrogen-bond acceptors (Lipinski definition) is 6. The number of aromatic amines is 1. The second kappa shape index (κ2) is 9.49. The van der Waals surface area contributed by atoms with E-state index in [-0.39, 0.29) is 5.56 Å². The predicted molar refractivity (Wildman–Crippen MR) is 114 cm³/mol. The van der Waals surface area contributed by atoms with Crippen LogP contribution in [0, 0.1) is 0 Å². The molecule has 0 bridgehead atoms. The van der Waals surface area contributed by atoms with E-state index in [9.17, 15) is 4.79 Å². The standard InChI is InChI=1S/C22H27N3O5/c1-6-30-17-8-7-14(9-18(17)27-3)12-25(2)13-21-23-16-11-20(29-5)19(28-4)10-15(16)22(26)24-21/h7-11H,6,12-13H2,1-5H3,(H,23,24,26)/p+1. The fraction of sp³-hybridized carbons (Fsp3) is 0.364. The fourth-order valence-electron chi connectivity index (χ4n) is 3.39. The van der Waals surface area contributed by atoms with Crippen molar-refractivity contribution >= 4 is 10.9 Å². The lowest BCUT2D eigenvalue weighted by atomic mass is 10.2. The van der Waals surface area contributed by atoms with Crippen molar-refractivity contribution in [2.75, 3.05) is 35.0 Å². The molecule has 1 atom stereocenters. The van der Waals surface area contributed by atoms with Gasteiger partial charge in [0.15, 0.2) is 28.8 Å². The summed E-state index contributed by atoms with van der Waals surface area (Å²) in [6, 6.07) is 9.28. The molecule has 0 saturated carbocycles. The Hall–Kier alpha value is -3.26. The van der Waals surface area contributed by atoms with Gasteiger partial charge in [0.2, 0.25) is 0 Å². The van der Waals surface area contributed by atoms with E-state index < -0.39 is 0 Å². The van der Waals surface area contributed by atoms with Gasteiger partial charge in [0.25, 0.3) is 5.56 Å². The lowest BCUT2D eigenvalue weighted by molar-refractivity contribution is -0.908. The number of H-pyrrole nitrogens is 1. The highest BCUT2D eigenvalue weighted by molar-refractivity contribution is 5.81. The molecule has 160 valence electrons. The topological polar surface area (TPSA) is 87.1 Å². The Bertz CT molecular complexity index is 1080. The Labute approximate surface area is 175 Å². The molecule has 8 heteroatoms. The Kier molecular flexibility index (Phi) is 6.79. The van der Waals surface area contributed by atoms with Crippen molar-refractivity contribution in [1.29, 1.82) is 0 Å². The van der Waals surface area contributed by atoms with E-state index in [0.29, 0.717) is 47.1 Å². The summed E-state index contributed by atoms with van der Waals surface area (Å²) in [6.45, 7) is 3.80. The summed E-state index contributed by atoms with van der Waals surface area (Å²) in [6.07, 6.45) is 0. The third-order valence-electron chi connectivity index (χ3n) is 4.76. The quantitative estimate of drug-likeness (QED) is 0.553. The number of methoxy groups -OCH3 is 3. The largest absolute Gasteiger partial charge is 0.493 e. The molecule has 3 rings (SSSR count). The van der Waals surface area contributed by atoms with Gasteiger partial charge in [-0.2, -0.15) is 0 Å². The molecule has 0 amide bonds. The van der Waals surface area contributed by atoms with Crippen molar-refractivity contribution < 1.29 is 23.8 Å². The first-order valence-corrected chi connectivity index (χ1v) is 9.75. The van der Waals surface area contributed by atoms with Crippen LogP contribution in [0.15, 0.2) is 35.1 Å². The molecule has 0 aliphatic heterocycles. The van der Waals surface area contributed by atoms with E-state index in [0.717, 1.165) is 22.8 Å². The Morgan fingerprint density at radius 1 is 0.933 bits per heavy atom. The van der Waals surface area contributed by atoms with Gasteiger partial charge in [0, 0.05) is 11.6 Å². The van der Waals surface area contributed by atoms with Crippen LogP contribution in [0.25, 0.3) is 10.9 Å². The first-order valence-electron chi connectivity index (χ1n) is 9.75. The smallest absolute Gasteiger partial charge is 0.259 e. The molecule has 1 heterocycles. The zero-order valence-corrected chi connectivity index (χ0v) is 18.0. The summed E-state index contributed by atoms with van der Waals surface area (Å²) in [5, 5.41) is 0.463. The normalized spacial score (nSPS) is 11.9. The van der Waals surface area contributed by atoms with Gasteiger partial charge in [-0.1, -0.05) is 0 Å². The summed E-state index contributed by atoms with van der Waals surface area (Å²) < 4.78 is 21.6. The maximum atomic E-state index is 12.6. The Morgan fingerprint density at radius 3 is 2.27 bits per heavy atom. The maximum Gasteiger partial charge on any atom is 0.259 e. The van der Waals surface area contributed by atoms with Crippen LogP contribution in [0.4, 0.5) is 0 Å². The molecule has 3 aromatic rings. The van der Waals surface area contributed by atoms with E-state index in [2.05, 4.69) is 9.97 Å². The van der Waals surface area contributed by atoms with Crippen LogP contribution >= 0.6 is 0 Å². The monoisotopic (exact) mass is 414 g/mol. The van der Waals surface area contributed by atoms with Gasteiger partial charge in [-0.15, -0.1) is 0 Å². The highest BCUT2D eigenvalue weighted by Gasteiger charge is 2.14. The number of benzene rings is 2. The molecule has 0 aliphatic carbocycles. The number of nitrogens with zero attached hydrogens (tertiary/aromatic N) is 1. The number of quaternary nitrogens is 1. The molecule has 0 fully saturated rings. The molecule has 0 saturated heterocycles. The van der Waals surface area contributed by atoms with Crippen LogP contribution in [-0.4, -0.2) is 45.0 Å². The van der Waals surface area contributed by atoms with Gasteiger partial charge in [-0.25, -0.2) is 4.98 Å². The molecule has 0 radical (unpaired) electrons. The van der Waals surface area contributed by atoms with Gasteiger partial charge < -0.3 is 28.8 Å². The minimum Gasteiger partial charge on any atom is -0.493 e. The van der Waals surface area contributed by atoms with Crippen LogP contribution < -0.4 is 29.4 Å². The van der Waals surface area contributed by atoms with E-state index in [1.807, 2.05) is 32.2 Å². The van der Waals surface area contributed by atoms with E-state index in [1.165, 1.54) is 7.11 Å². The van der Waals surface area contributed by atoms with Crippen molar-refractivity contribution in [2.45, 2.75) is 20.0 Å². The number of rotatable bonds is 9. The van der Waals surface area contributed by atoms with E-state index in [1.54, 1.807) is 26.4 Å². The Balaban J connectivity index is 1.81. The minimum absolute atomic E-state index is 0.202. The SMILES string of the molecule is CCOc1ccc(C[NH+](C)Cc2nc3cc(OC)c(OC)cc3c(=O)[nH]2)cc1OC. The zero-order valence-electron chi connectivity index (χ0n) is 18.0. The number of aromatic nitrogens is 2. The molecule has 0 aliphatic rings. The number of ether oxygens (including phenoxy) is 4. The number of hydrogen-bond donors (Lipinski definition) is 2. The van der Waals surface area contributed by atoms with Crippen LogP contribution in [0.1, 0.15) is 18.3 Å². The zero-order chi connectivity index (χ0) is 21.7. The van der Waals surface area contributed by atoms with Crippen molar-refractivity contribution in [2.24, 2.45) is 0 Å². The van der Waals surface area contributed by atoms with Gasteiger partial charge >= 0.3 is 0 Å². The second-order valence-corrected chi connectivity index (χ2v) is 6.97. The highest BCUT2D eigenvalue weighted by atomic mass is 16.5. The van der Waals surface area contributed by atoms with Crippen LogP contribution in [0.3, 0.4) is 0 Å². The van der Waals surface area contributed by atoms with Crippen molar-refractivity contribution in [3.05, 3.63) is 52.1 Å². The van der Waals surface area contributed by atoms with Crippen LogP contribution in [0.2, 0.25) is 0 Å². The average Bonchev–Trinajstić information content (AvgIpc) is 2.74. The summed E-state index contributed by atoms with van der Waals surface area (Å²) in [4.78, 5) is 21.2. The summed E-state index contributed by atoms with van der Waals surface area (Å²) in [5.41, 5.74) is 1.47. The molecular formula is C22H28N3O5+. The van der Waals surface area contributed by atoms with Crippen molar-refractivity contribution in [1.82, 2.24) is 9.97 Å². The average molecular weight is 414 g/mol. The minimum atomic E-state index is -0.202. The first-order chi connectivity index (χ1) is 14.5. The van der Waals surface area contributed by atoms with Gasteiger partial charge in [0.1, 0.15) is 13.1 Å². The molecule has 2 aromatic carbocycles. The highest BCUT2D eigenvalue weighted by Crippen LogP contribution is 2.30. The maximum absolute atomic E-state index is 12.6. The van der Waals surface area contributed by atoms with Crippen molar-refractivity contribution in [3.8, 4) is 23.0 Å². The molecule has 0 spiro atoms. The molecule has 2 N–H and O–H groups in total.